The minimum atomic E-state index is -0.452. The molecule has 2 bridgehead atoms. The Kier molecular flexibility index (Phi) is 3.05. The molecule has 1 aliphatic heterocycles. The van der Waals surface area contributed by atoms with Gasteiger partial charge in [-0.3, -0.25) is 4.79 Å². The van der Waals surface area contributed by atoms with E-state index in [-0.39, 0.29) is 22.8 Å². The third-order valence-electron chi connectivity index (χ3n) is 4.84. The Morgan fingerprint density at radius 3 is 2.67 bits per heavy atom. The normalized spacial score (nSPS) is 30.5. The summed E-state index contributed by atoms with van der Waals surface area (Å²) in [5, 5.41) is 0. The molecule has 2 atom stereocenters. The van der Waals surface area contributed by atoms with Gasteiger partial charge in [-0.25, -0.2) is 4.39 Å². The van der Waals surface area contributed by atoms with Crippen LogP contribution in [0.2, 0.25) is 0 Å². The Morgan fingerprint density at radius 1 is 1.29 bits per heavy atom. The van der Waals surface area contributed by atoms with Crippen molar-refractivity contribution in [1.82, 2.24) is 4.90 Å². The number of rotatable bonds is 1. The van der Waals surface area contributed by atoms with Gasteiger partial charge in [0.1, 0.15) is 5.82 Å². The average Bonchev–Trinajstić information content (AvgIpc) is 2.56. The second kappa shape index (κ2) is 4.46. The van der Waals surface area contributed by atoms with E-state index in [1.165, 1.54) is 12.1 Å². The fourth-order valence-corrected chi connectivity index (χ4v) is 4.60. The van der Waals surface area contributed by atoms with Crippen molar-refractivity contribution in [1.29, 1.82) is 0 Å². The van der Waals surface area contributed by atoms with Crippen LogP contribution in [0.4, 0.5) is 10.1 Å². The number of carbonyl (C=O) groups is 1. The Bertz CT molecular complexity index is 578. The lowest BCUT2D eigenvalue weighted by Gasteiger charge is -2.39. The highest BCUT2D eigenvalue weighted by atomic mass is 19.1. The number of nitrogen functional groups attached to an aromatic ring is 1. The van der Waals surface area contributed by atoms with Gasteiger partial charge in [0.2, 0.25) is 0 Å². The van der Waals surface area contributed by atoms with Crippen LogP contribution in [0.5, 0.6) is 0 Å². The summed E-state index contributed by atoms with van der Waals surface area (Å²) in [5.41, 5.74) is 6.76. The molecule has 21 heavy (non-hydrogen) atoms. The highest BCUT2D eigenvalue weighted by molar-refractivity contribution is 5.95. The van der Waals surface area contributed by atoms with Crippen molar-refractivity contribution in [3.05, 3.63) is 29.6 Å². The molecule has 2 unspecified atom stereocenters. The van der Waals surface area contributed by atoms with Crippen LogP contribution in [-0.4, -0.2) is 23.4 Å². The van der Waals surface area contributed by atoms with E-state index < -0.39 is 5.82 Å². The molecule has 1 aliphatic carbocycles. The van der Waals surface area contributed by atoms with Gasteiger partial charge in [0.15, 0.2) is 0 Å². The molecule has 0 aromatic heterocycles. The van der Waals surface area contributed by atoms with Crippen LogP contribution in [0.15, 0.2) is 18.2 Å². The molecule has 1 saturated carbocycles. The third kappa shape index (κ3) is 2.63. The molecule has 0 spiro atoms. The van der Waals surface area contributed by atoms with Gasteiger partial charge in [-0.05, 0) is 48.3 Å². The summed E-state index contributed by atoms with van der Waals surface area (Å²) in [6, 6.07) is 4.36. The first-order chi connectivity index (χ1) is 9.67. The second-order valence-electron chi connectivity index (χ2n) is 7.92. The van der Waals surface area contributed by atoms with Crippen molar-refractivity contribution in [2.45, 2.75) is 46.1 Å². The van der Waals surface area contributed by atoms with Gasteiger partial charge < -0.3 is 10.6 Å². The van der Waals surface area contributed by atoms with E-state index >= 15 is 0 Å². The third-order valence-corrected chi connectivity index (χ3v) is 4.84. The molecule has 114 valence electrons. The van der Waals surface area contributed by atoms with Gasteiger partial charge in [-0.2, -0.15) is 0 Å². The zero-order chi connectivity index (χ0) is 15.4. The Labute approximate surface area is 125 Å². The highest BCUT2D eigenvalue weighted by Crippen LogP contribution is 2.52. The molecule has 4 heteroatoms. The molecule has 3 rings (SSSR count). The average molecular weight is 290 g/mol. The monoisotopic (exact) mass is 290 g/mol. The summed E-state index contributed by atoms with van der Waals surface area (Å²) in [7, 11) is 0. The van der Waals surface area contributed by atoms with Gasteiger partial charge in [-0.15, -0.1) is 0 Å². The van der Waals surface area contributed by atoms with Gasteiger partial charge in [0, 0.05) is 23.8 Å². The quantitative estimate of drug-likeness (QED) is 0.805. The molecule has 1 saturated heterocycles. The number of hydrogen-bond donors (Lipinski definition) is 1. The Hall–Kier alpha value is -1.58. The maximum Gasteiger partial charge on any atom is 0.254 e. The van der Waals surface area contributed by atoms with E-state index in [2.05, 4.69) is 20.8 Å². The first-order valence-electron chi connectivity index (χ1n) is 7.55. The molecule has 1 heterocycles. The summed E-state index contributed by atoms with van der Waals surface area (Å²) in [4.78, 5) is 14.7. The lowest BCUT2D eigenvalue weighted by molar-refractivity contribution is 0.0707. The van der Waals surface area contributed by atoms with Gasteiger partial charge >= 0.3 is 0 Å². The SMILES string of the molecule is CC1(C)CC2CC(C)(CN2C(=O)c2cc(N)cc(F)c2)C1. The first kappa shape index (κ1) is 14.4. The minimum Gasteiger partial charge on any atom is -0.399 e. The maximum atomic E-state index is 13.5. The van der Waals surface area contributed by atoms with Crippen molar-refractivity contribution in [3.8, 4) is 0 Å². The molecule has 0 radical (unpaired) electrons. The van der Waals surface area contributed by atoms with Crippen molar-refractivity contribution in [3.63, 3.8) is 0 Å². The smallest absolute Gasteiger partial charge is 0.254 e. The molecule has 1 aromatic rings. The van der Waals surface area contributed by atoms with Crippen LogP contribution < -0.4 is 5.73 Å². The number of carbonyl (C=O) groups excluding carboxylic acids is 1. The van der Waals surface area contributed by atoms with E-state index in [4.69, 9.17) is 5.73 Å². The van der Waals surface area contributed by atoms with Gasteiger partial charge in [0.25, 0.3) is 5.91 Å². The summed E-state index contributed by atoms with van der Waals surface area (Å²) >= 11 is 0. The fraction of sp³-hybridized carbons (Fsp3) is 0.588. The van der Waals surface area contributed by atoms with Crippen molar-refractivity contribution in [2.75, 3.05) is 12.3 Å². The van der Waals surface area contributed by atoms with Crippen LogP contribution in [0.3, 0.4) is 0 Å². The molecule has 1 amide bonds. The minimum absolute atomic E-state index is 0.0902. The van der Waals surface area contributed by atoms with Gasteiger partial charge in [0.05, 0.1) is 0 Å². The standard InChI is InChI=1S/C17H23FN2O/c1-16(2)7-14-8-17(3,9-16)10-20(14)15(21)11-4-12(18)6-13(19)5-11/h4-6,14H,7-10,19H2,1-3H3. The molecule has 1 aromatic carbocycles. The van der Waals surface area contributed by atoms with E-state index in [0.29, 0.717) is 11.3 Å². The topological polar surface area (TPSA) is 46.3 Å². The predicted molar refractivity (Wildman–Crippen MR) is 81.4 cm³/mol. The summed E-state index contributed by atoms with van der Waals surface area (Å²) in [6.45, 7) is 7.56. The van der Waals surface area contributed by atoms with Crippen molar-refractivity contribution < 1.29 is 9.18 Å². The lowest BCUT2D eigenvalue weighted by Crippen LogP contribution is -2.37. The van der Waals surface area contributed by atoms with Crippen molar-refractivity contribution >= 4 is 11.6 Å². The number of nitrogens with zero attached hydrogens (tertiary/aromatic N) is 1. The van der Waals surface area contributed by atoms with E-state index in [9.17, 15) is 9.18 Å². The van der Waals surface area contributed by atoms with E-state index in [1.54, 1.807) is 6.07 Å². The van der Waals surface area contributed by atoms with Crippen LogP contribution in [0, 0.1) is 16.6 Å². The predicted octanol–water partition coefficient (Wildman–Crippen LogP) is 3.45. The number of amides is 1. The molecular weight excluding hydrogens is 267 g/mol. The number of fused-ring (bicyclic) bond motifs is 2. The number of anilines is 1. The van der Waals surface area contributed by atoms with Crippen LogP contribution in [-0.2, 0) is 0 Å². The highest BCUT2D eigenvalue weighted by Gasteiger charge is 2.51. The molecular formula is C17H23FN2O. The van der Waals surface area contributed by atoms with E-state index in [1.807, 2.05) is 4.90 Å². The Morgan fingerprint density at radius 2 is 2.00 bits per heavy atom. The summed E-state index contributed by atoms with van der Waals surface area (Å²) < 4.78 is 13.5. The first-order valence-corrected chi connectivity index (χ1v) is 7.55. The lowest BCUT2D eigenvalue weighted by atomic mass is 9.65. The maximum absolute atomic E-state index is 13.5. The summed E-state index contributed by atoms with van der Waals surface area (Å²) in [5.74, 6) is -0.542. The number of nitrogens with two attached hydrogens (primary N) is 1. The number of benzene rings is 1. The zero-order valence-corrected chi connectivity index (χ0v) is 12.9. The van der Waals surface area contributed by atoms with Gasteiger partial charge in [-0.1, -0.05) is 20.8 Å². The number of likely N-dealkylation sites (tertiary alicyclic amines) is 1. The Balaban J connectivity index is 1.89. The van der Waals surface area contributed by atoms with Crippen molar-refractivity contribution in [2.24, 2.45) is 10.8 Å². The molecule has 2 fully saturated rings. The number of halogens is 1. The molecule has 3 nitrogen and oxygen atoms in total. The largest absolute Gasteiger partial charge is 0.399 e. The van der Waals surface area contributed by atoms with E-state index in [0.717, 1.165) is 25.8 Å². The second-order valence-corrected chi connectivity index (χ2v) is 7.92. The molecule has 2 N–H and O–H groups in total. The summed E-state index contributed by atoms with van der Waals surface area (Å²) in [6.07, 6.45) is 3.19. The fourth-order valence-electron chi connectivity index (χ4n) is 4.60. The number of hydrogen-bond acceptors (Lipinski definition) is 2. The van der Waals surface area contributed by atoms with Crippen LogP contribution in [0.25, 0.3) is 0 Å². The molecule has 2 aliphatic rings. The van der Waals surface area contributed by atoms with Crippen LogP contribution >= 0.6 is 0 Å². The van der Waals surface area contributed by atoms with Crippen LogP contribution in [0.1, 0.15) is 50.4 Å². The zero-order valence-electron chi connectivity index (χ0n) is 12.9.